The molecule has 0 heterocycles. The quantitative estimate of drug-likeness (QED) is 0.494. The van der Waals surface area contributed by atoms with Crippen molar-refractivity contribution in [2.75, 3.05) is 0 Å². The van der Waals surface area contributed by atoms with E-state index in [0.29, 0.717) is 10.8 Å². The lowest BCUT2D eigenvalue weighted by atomic mass is 10.0. The Labute approximate surface area is 91.1 Å². The average Bonchev–Trinajstić information content (AvgIpc) is 2.28. The summed E-state index contributed by atoms with van der Waals surface area (Å²) in [6.07, 6.45) is 0. The molecule has 1 radical (unpaired) electrons. The molecule has 3 aromatic carbocycles. The van der Waals surface area contributed by atoms with Crippen LogP contribution in [-0.2, 0) is 0 Å². The normalized spacial score (nSPS) is 11.1. The second kappa shape index (κ2) is 3.27. The lowest BCUT2D eigenvalue weighted by molar-refractivity contribution is 0.509. The molecule has 0 saturated carbocycles. The Hall–Kier alpha value is -1.96. The molecular weight excluding hydrogens is 206 g/mol. The van der Waals surface area contributed by atoms with Gasteiger partial charge in [-0.25, -0.2) is 8.78 Å². The summed E-state index contributed by atoms with van der Waals surface area (Å²) < 4.78 is 26.1. The van der Waals surface area contributed by atoms with Crippen molar-refractivity contribution in [1.82, 2.24) is 0 Å². The highest BCUT2D eigenvalue weighted by Gasteiger charge is 2.05. The van der Waals surface area contributed by atoms with E-state index in [4.69, 9.17) is 0 Å². The van der Waals surface area contributed by atoms with Crippen molar-refractivity contribution in [1.29, 1.82) is 0 Å². The molecule has 0 spiro atoms. The van der Waals surface area contributed by atoms with Crippen LogP contribution in [0, 0.1) is 17.7 Å². The fourth-order valence-corrected chi connectivity index (χ4v) is 1.86. The summed E-state index contributed by atoms with van der Waals surface area (Å²) in [7, 11) is 0. The van der Waals surface area contributed by atoms with Crippen molar-refractivity contribution in [3.8, 4) is 0 Å². The first-order valence-corrected chi connectivity index (χ1v) is 4.94. The van der Waals surface area contributed by atoms with E-state index >= 15 is 0 Å². The third kappa shape index (κ3) is 1.34. The topological polar surface area (TPSA) is 0 Å². The predicted octanol–water partition coefficient (Wildman–Crippen LogP) is 4.07. The van der Waals surface area contributed by atoms with Crippen LogP contribution in [0.3, 0.4) is 0 Å². The smallest absolute Gasteiger partial charge is 0.167 e. The zero-order valence-corrected chi connectivity index (χ0v) is 8.30. The van der Waals surface area contributed by atoms with Crippen LogP contribution in [0.5, 0.6) is 0 Å². The Morgan fingerprint density at radius 2 is 1.50 bits per heavy atom. The number of halogens is 2. The van der Waals surface area contributed by atoms with Gasteiger partial charge < -0.3 is 0 Å². The van der Waals surface area contributed by atoms with Crippen LogP contribution in [0.1, 0.15) is 0 Å². The third-order valence-corrected chi connectivity index (χ3v) is 2.65. The van der Waals surface area contributed by atoms with Crippen LogP contribution >= 0.6 is 0 Å². The molecule has 0 aliphatic carbocycles. The van der Waals surface area contributed by atoms with Crippen LogP contribution in [0.2, 0.25) is 0 Å². The molecule has 0 aliphatic rings. The van der Waals surface area contributed by atoms with Gasteiger partial charge in [-0.1, -0.05) is 24.3 Å². The van der Waals surface area contributed by atoms with Gasteiger partial charge in [-0.05, 0) is 39.7 Å². The maximum atomic E-state index is 13.0. The molecule has 0 amide bonds. The van der Waals surface area contributed by atoms with E-state index in [2.05, 4.69) is 6.07 Å². The highest BCUT2D eigenvalue weighted by Crippen LogP contribution is 2.24. The van der Waals surface area contributed by atoms with E-state index in [1.54, 1.807) is 0 Å². The molecule has 2 heteroatoms. The van der Waals surface area contributed by atoms with Crippen molar-refractivity contribution < 1.29 is 8.78 Å². The maximum Gasteiger partial charge on any atom is 0.167 e. The number of hydrogen-bond acceptors (Lipinski definition) is 0. The van der Waals surface area contributed by atoms with Crippen LogP contribution < -0.4 is 0 Å². The number of fused-ring (bicyclic) bond motifs is 2. The molecule has 0 aliphatic heterocycles. The van der Waals surface area contributed by atoms with E-state index < -0.39 is 11.6 Å². The molecular formula is C14H7F2. The molecule has 16 heavy (non-hydrogen) atoms. The molecule has 3 rings (SSSR count). The summed E-state index contributed by atoms with van der Waals surface area (Å²) in [6, 6.07) is 15.0. The number of hydrogen-bond donors (Lipinski definition) is 0. The molecule has 0 aromatic heterocycles. The number of rotatable bonds is 0. The Morgan fingerprint density at radius 1 is 0.812 bits per heavy atom. The van der Waals surface area contributed by atoms with E-state index in [9.17, 15) is 8.78 Å². The first kappa shape index (κ1) is 9.28. The zero-order valence-electron chi connectivity index (χ0n) is 8.30. The zero-order chi connectivity index (χ0) is 11.1. The van der Waals surface area contributed by atoms with Crippen molar-refractivity contribution in [3.05, 3.63) is 60.2 Å². The third-order valence-electron chi connectivity index (χ3n) is 2.65. The second-order valence-corrected chi connectivity index (χ2v) is 3.72. The first-order valence-electron chi connectivity index (χ1n) is 4.94. The van der Waals surface area contributed by atoms with Crippen molar-refractivity contribution in [2.45, 2.75) is 0 Å². The molecule has 0 fully saturated rings. The van der Waals surface area contributed by atoms with E-state index in [0.717, 1.165) is 10.8 Å². The van der Waals surface area contributed by atoms with Crippen LogP contribution in [-0.4, -0.2) is 0 Å². The summed E-state index contributed by atoms with van der Waals surface area (Å²) in [5, 5.41) is 3.27. The van der Waals surface area contributed by atoms with Gasteiger partial charge in [0.25, 0.3) is 0 Å². The van der Waals surface area contributed by atoms with Crippen LogP contribution in [0.15, 0.2) is 42.5 Å². The van der Waals surface area contributed by atoms with Crippen molar-refractivity contribution in [2.24, 2.45) is 0 Å². The van der Waals surface area contributed by atoms with Gasteiger partial charge in [-0.15, -0.1) is 0 Å². The lowest BCUT2D eigenvalue weighted by Crippen LogP contribution is -1.85. The molecule has 0 N–H and O–H groups in total. The highest BCUT2D eigenvalue weighted by atomic mass is 19.2. The lowest BCUT2D eigenvalue weighted by Gasteiger charge is -2.02. The minimum atomic E-state index is -0.928. The van der Waals surface area contributed by atoms with Gasteiger partial charge in [0, 0.05) is 6.07 Å². The second-order valence-electron chi connectivity index (χ2n) is 3.72. The van der Waals surface area contributed by atoms with E-state index in [-0.39, 0.29) is 0 Å². The SMILES string of the molecule is Fc1[c]c2cc3ccccc3cc2cc1F. The molecule has 0 unspecified atom stereocenters. The predicted molar refractivity (Wildman–Crippen MR) is 60.2 cm³/mol. The largest absolute Gasteiger partial charge is 0.204 e. The maximum absolute atomic E-state index is 13.0. The van der Waals surface area contributed by atoms with Gasteiger partial charge in [0.15, 0.2) is 11.6 Å². The van der Waals surface area contributed by atoms with E-state index in [1.807, 2.05) is 36.4 Å². The Kier molecular flexibility index (Phi) is 1.90. The molecule has 77 valence electrons. The highest BCUT2D eigenvalue weighted by molar-refractivity contribution is 5.97. The van der Waals surface area contributed by atoms with Gasteiger partial charge in [0.1, 0.15) is 0 Å². The van der Waals surface area contributed by atoms with Gasteiger partial charge >= 0.3 is 0 Å². The Morgan fingerprint density at radius 3 is 2.25 bits per heavy atom. The molecule has 0 bridgehead atoms. The average molecular weight is 213 g/mol. The summed E-state index contributed by atoms with van der Waals surface area (Å²) in [5.41, 5.74) is 0. The fourth-order valence-electron chi connectivity index (χ4n) is 1.86. The van der Waals surface area contributed by atoms with Crippen LogP contribution in [0.25, 0.3) is 21.5 Å². The Bertz CT molecular complexity index is 627. The summed E-state index contributed by atoms with van der Waals surface area (Å²) in [4.78, 5) is 0. The van der Waals surface area contributed by atoms with Crippen molar-refractivity contribution in [3.63, 3.8) is 0 Å². The molecule has 0 saturated heterocycles. The van der Waals surface area contributed by atoms with Gasteiger partial charge in [-0.2, -0.15) is 0 Å². The molecule has 0 nitrogen and oxygen atoms in total. The minimum absolute atomic E-state index is 0.595. The first-order chi connectivity index (χ1) is 7.74. The van der Waals surface area contributed by atoms with Crippen LogP contribution in [0.4, 0.5) is 8.78 Å². The van der Waals surface area contributed by atoms with E-state index in [1.165, 1.54) is 6.07 Å². The van der Waals surface area contributed by atoms with Crippen molar-refractivity contribution >= 4 is 21.5 Å². The van der Waals surface area contributed by atoms with Gasteiger partial charge in [0.05, 0.1) is 0 Å². The summed E-state index contributed by atoms with van der Waals surface area (Å²) in [5.74, 6) is -1.79. The van der Waals surface area contributed by atoms with Gasteiger partial charge in [-0.3, -0.25) is 0 Å². The molecule has 0 atom stereocenters. The number of benzene rings is 3. The monoisotopic (exact) mass is 213 g/mol. The van der Waals surface area contributed by atoms with Gasteiger partial charge in [0.2, 0.25) is 0 Å². The summed E-state index contributed by atoms with van der Waals surface area (Å²) in [6.45, 7) is 0. The minimum Gasteiger partial charge on any atom is -0.204 e. The molecule has 3 aromatic rings. The fraction of sp³-hybridized carbons (Fsp3) is 0. The summed E-state index contributed by atoms with van der Waals surface area (Å²) >= 11 is 0. The standard InChI is InChI=1S/C14H7F2/c15-13-7-11-5-9-3-1-2-4-10(9)6-12(11)8-14(13)16/h1-7H. The Balaban J connectivity index is 2.46.